The van der Waals surface area contributed by atoms with Gasteiger partial charge < -0.3 is 9.83 Å². The summed E-state index contributed by atoms with van der Waals surface area (Å²) < 4.78 is 0. The molecule has 0 aliphatic heterocycles. The Bertz CT molecular complexity index is 462. The Morgan fingerprint density at radius 3 is 3.00 bits per heavy atom. The smallest absolute Gasteiger partial charge is 0.246 e. The summed E-state index contributed by atoms with van der Waals surface area (Å²) in [6.45, 7) is 8.85. The van der Waals surface area contributed by atoms with E-state index in [1.807, 2.05) is 31.3 Å². The molecule has 0 aliphatic rings. The number of rotatable bonds is 1. The number of hydrogen-bond acceptors (Lipinski definition) is 0. The zero-order valence-corrected chi connectivity index (χ0v) is 7.41. The molecule has 1 aromatic heterocycles. The SMILES string of the molecule is [C-]#[N+]C(C)c1ccc2[nH]ccc2c1. The zero-order valence-electron chi connectivity index (χ0n) is 7.41. The van der Waals surface area contributed by atoms with Gasteiger partial charge in [0.25, 0.3) is 0 Å². The van der Waals surface area contributed by atoms with Crippen LogP contribution in [-0.4, -0.2) is 4.98 Å². The molecule has 0 saturated heterocycles. The first-order valence-corrected chi connectivity index (χ1v) is 4.25. The minimum atomic E-state index is -0.0423. The predicted molar refractivity (Wildman–Crippen MR) is 53.3 cm³/mol. The summed E-state index contributed by atoms with van der Waals surface area (Å²) in [7, 11) is 0. The Balaban J connectivity index is 2.55. The topological polar surface area (TPSA) is 20.1 Å². The van der Waals surface area contributed by atoms with E-state index in [4.69, 9.17) is 6.57 Å². The van der Waals surface area contributed by atoms with Gasteiger partial charge in [-0.3, -0.25) is 0 Å². The number of hydrogen-bond donors (Lipinski definition) is 1. The molecule has 64 valence electrons. The maximum Gasteiger partial charge on any atom is 0.246 e. The van der Waals surface area contributed by atoms with E-state index in [2.05, 4.69) is 15.9 Å². The lowest BCUT2D eigenvalue weighted by Crippen LogP contribution is -1.85. The molecule has 0 radical (unpaired) electrons. The van der Waals surface area contributed by atoms with Crippen LogP contribution >= 0.6 is 0 Å². The van der Waals surface area contributed by atoms with Crippen LogP contribution in [0, 0.1) is 6.57 Å². The summed E-state index contributed by atoms with van der Waals surface area (Å²) in [5, 5.41) is 1.17. The monoisotopic (exact) mass is 170 g/mol. The van der Waals surface area contributed by atoms with Gasteiger partial charge in [-0.2, -0.15) is 0 Å². The van der Waals surface area contributed by atoms with Crippen molar-refractivity contribution in [3.8, 4) is 0 Å². The van der Waals surface area contributed by atoms with Crippen LogP contribution in [0.4, 0.5) is 0 Å². The fourth-order valence-corrected chi connectivity index (χ4v) is 1.41. The molecule has 0 amide bonds. The summed E-state index contributed by atoms with van der Waals surface area (Å²) in [4.78, 5) is 6.62. The Hall–Kier alpha value is -1.75. The lowest BCUT2D eigenvalue weighted by Gasteiger charge is -1.98. The standard InChI is InChI=1S/C11H10N2/c1-8(12-2)9-3-4-11-10(7-9)5-6-13-11/h3-8,13H,1H3. The van der Waals surface area contributed by atoms with Crippen molar-refractivity contribution in [2.24, 2.45) is 0 Å². The van der Waals surface area contributed by atoms with E-state index in [9.17, 15) is 0 Å². The second kappa shape index (κ2) is 2.95. The Morgan fingerprint density at radius 2 is 2.23 bits per heavy atom. The van der Waals surface area contributed by atoms with Crippen LogP contribution in [0.1, 0.15) is 18.5 Å². The highest BCUT2D eigenvalue weighted by molar-refractivity contribution is 5.80. The van der Waals surface area contributed by atoms with Gasteiger partial charge in [-0.25, -0.2) is 6.57 Å². The molecule has 1 unspecified atom stereocenters. The van der Waals surface area contributed by atoms with Gasteiger partial charge in [-0.1, -0.05) is 0 Å². The molecule has 1 N–H and O–H groups in total. The van der Waals surface area contributed by atoms with Crippen LogP contribution in [0.2, 0.25) is 0 Å². The predicted octanol–water partition coefficient (Wildman–Crippen LogP) is 3.15. The fourth-order valence-electron chi connectivity index (χ4n) is 1.41. The first-order valence-electron chi connectivity index (χ1n) is 4.25. The minimum absolute atomic E-state index is 0.0423. The van der Waals surface area contributed by atoms with Crippen molar-refractivity contribution in [2.45, 2.75) is 13.0 Å². The van der Waals surface area contributed by atoms with Crippen molar-refractivity contribution in [1.29, 1.82) is 0 Å². The van der Waals surface area contributed by atoms with Crippen LogP contribution < -0.4 is 0 Å². The van der Waals surface area contributed by atoms with Crippen molar-refractivity contribution in [2.75, 3.05) is 0 Å². The van der Waals surface area contributed by atoms with E-state index in [0.29, 0.717) is 0 Å². The van der Waals surface area contributed by atoms with E-state index in [1.165, 1.54) is 5.39 Å². The summed E-state index contributed by atoms with van der Waals surface area (Å²) in [5.41, 5.74) is 2.21. The molecule has 2 aromatic rings. The lowest BCUT2D eigenvalue weighted by molar-refractivity contribution is 0.964. The molecule has 0 aliphatic carbocycles. The normalized spacial score (nSPS) is 12.6. The van der Waals surface area contributed by atoms with Gasteiger partial charge in [-0.15, -0.1) is 0 Å². The van der Waals surface area contributed by atoms with Crippen LogP contribution in [0.3, 0.4) is 0 Å². The molecule has 2 rings (SSSR count). The molecule has 0 spiro atoms. The number of fused-ring (bicyclic) bond motifs is 1. The van der Waals surface area contributed by atoms with Gasteiger partial charge in [0.2, 0.25) is 6.04 Å². The largest absolute Gasteiger partial charge is 0.361 e. The summed E-state index contributed by atoms with van der Waals surface area (Å²) in [5.74, 6) is 0. The molecular weight excluding hydrogens is 160 g/mol. The molecule has 1 aromatic carbocycles. The molecule has 2 nitrogen and oxygen atoms in total. The van der Waals surface area contributed by atoms with Crippen LogP contribution in [-0.2, 0) is 0 Å². The number of benzene rings is 1. The highest BCUT2D eigenvalue weighted by atomic mass is 14.7. The van der Waals surface area contributed by atoms with E-state index in [0.717, 1.165) is 11.1 Å². The van der Waals surface area contributed by atoms with E-state index < -0.39 is 0 Å². The Labute approximate surface area is 77.0 Å². The zero-order chi connectivity index (χ0) is 9.26. The van der Waals surface area contributed by atoms with Gasteiger partial charge in [0, 0.05) is 24.2 Å². The van der Waals surface area contributed by atoms with Gasteiger partial charge in [0.1, 0.15) is 0 Å². The van der Waals surface area contributed by atoms with Crippen molar-refractivity contribution in [3.05, 3.63) is 47.4 Å². The summed E-state index contributed by atoms with van der Waals surface area (Å²) >= 11 is 0. The summed E-state index contributed by atoms with van der Waals surface area (Å²) in [6.07, 6.45) is 1.91. The second-order valence-electron chi connectivity index (χ2n) is 3.13. The summed E-state index contributed by atoms with van der Waals surface area (Å²) in [6, 6.07) is 8.07. The second-order valence-corrected chi connectivity index (χ2v) is 3.13. The third-order valence-electron chi connectivity index (χ3n) is 2.25. The third-order valence-corrected chi connectivity index (χ3v) is 2.25. The fraction of sp³-hybridized carbons (Fsp3) is 0.182. The average molecular weight is 170 g/mol. The van der Waals surface area contributed by atoms with E-state index in [-0.39, 0.29) is 6.04 Å². The number of aromatic nitrogens is 1. The van der Waals surface area contributed by atoms with Crippen LogP contribution in [0.25, 0.3) is 15.7 Å². The Morgan fingerprint density at radius 1 is 1.38 bits per heavy atom. The van der Waals surface area contributed by atoms with Crippen molar-refractivity contribution in [3.63, 3.8) is 0 Å². The van der Waals surface area contributed by atoms with E-state index in [1.54, 1.807) is 0 Å². The maximum absolute atomic E-state index is 6.93. The highest BCUT2D eigenvalue weighted by Gasteiger charge is 2.08. The average Bonchev–Trinajstić information content (AvgIpc) is 2.63. The van der Waals surface area contributed by atoms with Gasteiger partial charge in [0.05, 0.1) is 0 Å². The van der Waals surface area contributed by atoms with Gasteiger partial charge >= 0.3 is 0 Å². The first kappa shape index (κ1) is 7.88. The van der Waals surface area contributed by atoms with Crippen LogP contribution in [0.5, 0.6) is 0 Å². The van der Waals surface area contributed by atoms with Crippen molar-refractivity contribution in [1.82, 2.24) is 4.98 Å². The van der Waals surface area contributed by atoms with Gasteiger partial charge in [-0.05, 0) is 29.7 Å². The molecule has 1 atom stereocenters. The van der Waals surface area contributed by atoms with E-state index >= 15 is 0 Å². The number of nitrogens with zero attached hydrogens (tertiary/aromatic N) is 1. The maximum atomic E-state index is 6.93. The van der Waals surface area contributed by atoms with Crippen molar-refractivity contribution >= 4 is 10.9 Å². The van der Waals surface area contributed by atoms with Crippen LogP contribution in [0.15, 0.2) is 30.5 Å². The quantitative estimate of drug-likeness (QED) is 0.634. The lowest BCUT2D eigenvalue weighted by atomic mass is 10.1. The molecule has 1 heterocycles. The highest BCUT2D eigenvalue weighted by Crippen LogP contribution is 2.21. The third kappa shape index (κ3) is 1.29. The molecule has 0 bridgehead atoms. The molecule has 13 heavy (non-hydrogen) atoms. The number of H-pyrrole nitrogens is 1. The molecular formula is C11H10N2. The van der Waals surface area contributed by atoms with Crippen molar-refractivity contribution < 1.29 is 0 Å². The molecule has 2 heteroatoms. The Kier molecular flexibility index (Phi) is 1.79. The molecule has 0 fully saturated rings. The number of aromatic amines is 1. The minimum Gasteiger partial charge on any atom is -0.361 e. The first-order chi connectivity index (χ1) is 6.31. The molecule has 0 saturated carbocycles. The number of nitrogens with one attached hydrogen (secondary N) is 1. The van der Waals surface area contributed by atoms with Gasteiger partial charge in [0.15, 0.2) is 0 Å².